The lowest BCUT2D eigenvalue weighted by Gasteiger charge is -1.91. The average molecular weight is 270 g/mol. The van der Waals surface area contributed by atoms with E-state index in [4.69, 9.17) is 4.79 Å². The van der Waals surface area contributed by atoms with E-state index in [2.05, 4.69) is 6.92 Å². The number of hydrogen-bond acceptors (Lipinski definition) is 1. The average Bonchev–Trinajstić information content (AvgIpc) is 2.46. The Balaban J connectivity index is 0. The summed E-state index contributed by atoms with van der Waals surface area (Å²) in [6.45, 7) is 6.34. The SMILES string of the molecule is CC.CC1CCCC1.O=CI. The van der Waals surface area contributed by atoms with Crippen molar-refractivity contribution in [2.75, 3.05) is 0 Å². The second-order valence-electron chi connectivity index (χ2n) is 2.48. The smallest absolute Gasteiger partial charge is 0.179 e. The van der Waals surface area contributed by atoms with Crippen molar-refractivity contribution in [2.45, 2.75) is 46.5 Å². The van der Waals surface area contributed by atoms with Crippen LogP contribution in [0.15, 0.2) is 0 Å². The van der Waals surface area contributed by atoms with Gasteiger partial charge in [0.25, 0.3) is 0 Å². The zero-order valence-corrected chi connectivity index (χ0v) is 9.93. The van der Waals surface area contributed by atoms with Gasteiger partial charge in [0.1, 0.15) is 0 Å². The molecule has 1 rings (SSSR count). The molecule has 0 aromatic heterocycles. The molecule has 1 aliphatic rings. The molecule has 0 bridgehead atoms. The standard InChI is InChI=1S/C6H12.C2H6.CHIO/c1-6-4-2-3-5-6;1-2;2-1-3/h6H,2-5H2,1H3;1-2H3;1H. The van der Waals surface area contributed by atoms with Crippen LogP contribution in [0.4, 0.5) is 0 Å². The third kappa shape index (κ3) is 13.4. The van der Waals surface area contributed by atoms with Crippen LogP contribution in [0.5, 0.6) is 0 Å². The molecule has 0 amide bonds. The molecule has 0 aromatic carbocycles. The summed E-state index contributed by atoms with van der Waals surface area (Å²) in [4.78, 5) is 8.79. The summed E-state index contributed by atoms with van der Waals surface area (Å²) < 4.78 is 0.720. The van der Waals surface area contributed by atoms with E-state index in [1.165, 1.54) is 25.7 Å². The van der Waals surface area contributed by atoms with Crippen molar-refractivity contribution in [3.8, 4) is 0 Å². The molecule has 1 aliphatic carbocycles. The van der Waals surface area contributed by atoms with Gasteiger partial charge in [-0.1, -0.05) is 46.5 Å². The highest BCUT2D eigenvalue weighted by molar-refractivity contribution is 14.1. The van der Waals surface area contributed by atoms with Gasteiger partial charge in [0.05, 0.1) is 0 Å². The Labute approximate surface area is 84.1 Å². The molecule has 1 nitrogen and oxygen atoms in total. The van der Waals surface area contributed by atoms with Gasteiger partial charge in [0, 0.05) is 0 Å². The topological polar surface area (TPSA) is 17.1 Å². The fourth-order valence-electron chi connectivity index (χ4n) is 1.13. The van der Waals surface area contributed by atoms with Crippen molar-refractivity contribution in [1.82, 2.24) is 0 Å². The maximum atomic E-state index is 8.79. The summed E-state index contributed by atoms with van der Waals surface area (Å²) in [7, 11) is 0. The normalized spacial score (nSPS) is 15.6. The summed E-state index contributed by atoms with van der Waals surface area (Å²) in [5.74, 6) is 1.05. The third-order valence-electron chi connectivity index (χ3n) is 1.64. The van der Waals surface area contributed by atoms with Gasteiger partial charge in [0.15, 0.2) is 4.29 Å². The second kappa shape index (κ2) is 13.0. The van der Waals surface area contributed by atoms with E-state index < -0.39 is 0 Å². The predicted octanol–water partition coefficient (Wildman–Crippen LogP) is 3.83. The summed E-state index contributed by atoms with van der Waals surface area (Å²) in [5, 5.41) is 0. The van der Waals surface area contributed by atoms with Crippen LogP contribution in [0.1, 0.15) is 46.5 Å². The van der Waals surface area contributed by atoms with Gasteiger partial charge >= 0.3 is 0 Å². The Morgan fingerprint density at radius 3 is 1.64 bits per heavy atom. The minimum absolute atomic E-state index is 0.720. The third-order valence-corrected chi connectivity index (χ3v) is 1.64. The van der Waals surface area contributed by atoms with Crippen LogP contribution in [0.25, 0.3) is 0 Å². The molecule has 11 heavy (non-hydrogen) atoms. The Kier molecular flexibility index (Phi) is 16.5. The van der Waals surface area contributed by atoms with Crippen LogP contribution in [-0.2, 0) is 4.79 Å². The highest BCUT2D eigenvalue weighted by atomic mass is 127. The van der Waals surface area contributed by atoms with E-state index in [0.717, 1.165) is 10.2 Å². The highest BCUT2D eigenvalue weighted by Crippen LogP contribution is 2.22. The van der Waals surface area contributed by atoms with Crippen LogP contribution in [-0.4, -0.2) is 4.29 Å². The number of hydrogen-bond donors (Lipinski definition) is 0. The molecule has 0 aliphatic heterocycles. The van der Waals surface area contributed by atoms with Gasteiger partial charge in [-0.3, -0.25) is 4.79 Å². The van der Waals surface area contributed by atoms with Crippen molar-refractivity contribution in [3.05, 3.63) is 0 Å². The van der Waals surface area contributed by atoms with Crippen LogP contribution >= 0.6 is 22.6 Å². The molecule has 0 aromatic rings. The van der Waals surface area contributed by atoms with Crippen LogP contribution in [0.3, 0.4) is 0 Å². The maximum Gasteiger partial charge on any atom is 0.179 e. The molecule has 0 unspecified atom stereocenters. The zero-order valence-electron chi connectivity index (χ0n) is 7.77. The lowest BCUT2D eigenvalue weighted by molar-refractivity contribution is 0.572. The molecule has 0 saturated heterocycles. The molecule has 1 saturated carbocycles. The van der Waals surface area contributed by atoms with E-state index in [0.29, 0.717) is 0 Å². The Hall–Kier alpha value is 0.400. The van der Waals surface area contributed by atoms with Crippen molar-refractivity contribution in [2.24, 2.45) is 5.92 Å². The largest absolute Gasteiger partial charge is 0.292 e. The number of rotatable bonds is 0. The summed E-state index contributed by atoms with van der Waals surface area (Å²) in [6.07, 6.45) is 5.95. The molecular weight excluding hydrogens is 251 g/mol. The summed E-state index contributed by atoms with van der Waals surface area (Å²) in [6, 6.07) is 0. The molecule has 0 N–H and O–H groups in total. The zero-order chi connectivity index (χ0) is 9.11. The maximum absolute atomic E-state index is 8.79. The highest BCUT2D eigenvalue weighted by Gasteiger charge is 2.07. The van der Waals surface area contributed by atoms with E-state index in [1.807, 2.05) is 13.8 Å². The number of carbonyl (C=O) groups is 1. The van der Waals surface area contributed by atoms with E-state index in [1.54, 1.807) is 22.6 Å². The summed E-state index contributed by atoms with van der Waals surface area (Å²) in [5.41, 5.74) is 0. The lowest BCUT2D eigenvalue weighted by atomic mass is 10.2. The number of halogens is 1. The first kappa shape index (κ1) is 14.0. The van der Waals surface area contributed by atoms with E-state index in [9.17, 15) is 0 Å². The van der Waals surface area contributed by atoms with Crippen molar-refractivity contribution in [1.29, 1.82) is 0 Å². The van der Waals surface area contributed by atoms with Gasteiger partial charge in [-0.2, -0.15) is 0 Å². The molecule has 2 heteroatoms. The van der Waals surface area contributed by atoms with Crippen molar-refractivity contribution in [3.63, 3.8) is 0 Å². The van der Waals surface area contributed by atoms with Crippen molar-refractivity contribution < 1.29 is 4.79 Å². The van der Waals surface area contributed by atoms with Gasteiger partial charge in [-0.25, -0.2) is 0 Å². The monoisotopic (exact) mass is 270 g/mol. The minimum Gasteiger partial charge on any atom is -0.292 e. The Morgan fingerprint density at radius 1 is 1.27 bits per heavy atom. The molecule has 0 atom stereocenters. The molecule has 68 valence electrons. The summed E-state index contributed by atoms with van der Waals surface area (Å²) >= 11 is 1.61. The minimum atomic E-state index is 0.720. The van der Waals surface area contributed by atoms with E-state index in [-0.39, 0.29) is 0 Å². The lowest BCUT2D eigenvalue weighted by Crippen LogP contribution is -1.78. The Morgan fingerprint density at radius 2 is 1.55 bits per heavy atom. The fourth-order valence-corrected chi connectivity index (χ4v) is 1.13. The molecule has 0 radical (unpaired) electrons. The molecule has 0 spiro atoms. The fraction of sp³-hybridized carbons (Fsp3) is 0.889. The molecular formula is C9H19IO. The van der Waals surface area contributed by atoms with Gasteiger partial charge in [0.2, 0.25) is 0 Å². The van der Waals surface area contributed by atoms with E-state index >= 15 is 0 Å². The van der Waals surface area contributed by atoms with Gasteiger partial charge in [-0.15, -0.1) is 0 Å². The second-order valence-corrected chi connectivity index (χ2v) is 2.99. The van der Waals surface area contributed by atoms with Crippen LogP contribution in [0.2, 0.25) is 0 Å². The first-order valence-corrected chi connectivity index (χ1v) is 5.59. The molecule has 1 fully saturated rings. The Bertz CT molecular complexity index is 68.0. The van der Waals surface area contributed by atoms with Gasteiger partial charge in [-0.05, 0) is 28.5 Å². The van der Waals surface area contributed by atoms with Crippen molar-refractivity contribution >= 4 is 26.9 Å². The molecule has 0 heterocycles. The quantitative estimate of drug-likeness (QED) is 0.371. The van der Waals surface area contributed by atoms with Crippen LogP contribution in [0, 0.1) is 5.92 Å². The first-order chi connectivity index (χ1) is 5.31. The predicted molar refractivity (Wildman–Crippen MR) is 59.8 cm³/mol. The van der Waals surface area contributed by atoms with Crippen LogP contribution < -0.4 is 0 Å². The van der Waals surface area contributed by atoms with Gasteiger partial charge < -0.3 is 0 Å². The first-order valence-electron chi connectivity index (χ1n) is 4.35. The number of carbonyl (C=O) groups excluding carboxylic acids is 1.